The molecule has 0 aliphatic heterocycles. The van der Waals surface area contributed by atoms with Crippen LogP contribution >= 0.6 is 23.4 Å². The summed E-state index contributed by atoms with van der Waals surface area (Å²) in [4.78, 5) is 12.4. The number of hydrogen-bond donors (Lipinski definition) is 0. The summed E-state index contributed by atoms with van der Waals surface area (Å²) in [5.41, 5.74) is 0.329. The number of rotatable bonds is 3. The van der Waals surface area contributed by atoms with Gasteiger partial charge in [0.15, 0.2) is 6.29 Å². The number of benzene rings is 2. The Labute approximate surface area is 108 Å². The lowest BCUT2D eigenvalue weighted by atomic mass is 10.2. The molecule has 4 heteroatoms. The van der Waals surface area contributed by atoms with Crippen LogP contribution in [0.4, 0.5) is 4.39 Å². The van der Waals surface area contributed by atoms with Gasteiger partial charge in [-0.3, -0.25) is 4.79 Å². The average Bonchev–Trinajstić information content (AvgIpc) is 2.34. The van der Waals surface area contributed by atoms with Gasteiger partial charge in [-0.05, 0) is 30.3 Å². The third-order valence-corrected chi connectivity index (χ3v) is 3.76. The topological polar surface area (TPSA) is 17.1 Å². The van der Waals surface area contributed by atoms with Crippen LogP contribution in [0.2, 0.25) is 5.02 Å². The molecule has 0 N–H and O–H groups in total. The Bertz CT molecular complexity index is 557. The lowest BCUT2D eigenvalue weighted by Crippen LogP contribution is -1.87. The quantitative estimate of drug-likeness (QED) is 0.764. The maximum Gasteiger partial charge on any atom is 0.151 e. The zero-order valence-electron chi connectivity index (χ0n) is 8.69. The maximum absolute atomic E-state index is 13.0. The van der Waals surface area contributed by atoms with Crippen molar-refractivity contribution in [2.75, 3.05) is 0 Å². The Balaban J connectivity index is 2.36. The Morgan fingerprint density at radius 1 is 1.12 bits per heavy atom. The molecule has 0 aromatic heterocycles. The summed E-state index contributed by atoms with van der Waals surface area (Å²) in [6.45, 7) is 0. The number of carbonyl (C=O) groups excluding carboxylic acids is 1. The standard InChI is InChI=1S/C13H8ClFOS/c14-11-3-1-2-4-13(11)17-12-6-5-10(15)7-9(12)8-16/h1-8H. The summed E-state index contributed by atoms with van der Waals surface area (Å²) in [6.07, 6.45) is 0.641. The molecule has 0 atom stereocenters. The first-order chi connectivity index (χ1) is 8.20. The smallest absolute Gasteiger partial charge is 0.151 e. The van der Waals surface area contributed by atoms with E-state index in [4.69, 9.17) is 11.6 Å². The van der Waals surface area contributed by atoms with Crippen molar-refractivity contribution in [2.45, 2.75) is 9.79 Å². The van der Waals surface area contributed by atoms with Crippen molar-refractivity contribution in [3.8, 4) is 0 Å². The van der Waals surface area contributed by atoms with E-state index in [1.807, 2.05) is 18.2 Å². The summed E-state index contributed by atoms with van der Waals surface area (Å²) in [7, 11) is 0. The second-order valence-corrected chi connectivity index (χ2v) is 4.82. The van der Waals surface area contributed by atoms with Gasteiger partial charge in [-0.25, -0.2) is 4.39 Å². The summed E-state index contributed by atoms with van der Waals surface area (Å²) < 4.78 is 13.0. The molecular weight excluding hydrogens is 259 g/mol. The van der Waals surface area contributed by atoms with Crippen LogP contribution in [0, 0.1) is 5.82 Å². The van der Waals surface area contributed by atoms with Crippen LogP contribution in [-0.4, -0.2) is 6.29 Å². The van der Waals surface area contributed by atoms with Crippen LogP contribution in [0.25, 0.3) is 0 Å². The highest BCUT2D eigenvalue weighted by Gasteiger charge is 2.07. The van der Waals surface area contributed by atoms with Crippen molar-refractivity contribution >= 4 is 29.6 Å². The lowest BCUT2D eigenvalue weighted by Gasteiger charge is -2.06. The molecule has 0 heterocycles. The van der Waals surface area contributed by atoms with E-state index in [2.05, 4.69) is 0 Å². The fraction of sp³-hybridized carbons (Fsp3) is 0. The van der Waals surface area contributed by atoms with Gasteiger partial charge in [-0.2, -0.15) is 0 Å². The molecule has 2 aromatic rings. The first-order valence-electron chi connectivity index (χ1n) is 4.88. The second kappa shape index (κ2) is 5.34. The molecule has 0 radical (unpaired) electrons. The molecule has 0 spiro atoms. The summed E-state index contributed by atoms with van der Waals surface area (Å²) in [5.74, 6) is -0.421. The third-order valence-electron chi connectivity index (χ3n) is 2.16. The lowest BCUT2D eigenvalue weighted by molar-refractivity contribution is 0.112. The average molecular weight is 267 g/mol. The van der Waals surface area contributed by atoms with E-state index in [-0.39, 0.29) is 0 Å². The minimum Gasteiger partial charge on any atom is -0.298 e. The summed E-state index contributed by atoms with van der Waals surface area (Å²) in [5, 5.41) is 0.610. The Kier molecular flexibility index (Phi) is 3.82. The molecule has 2 rings (SSSR count). The maximum atomic E-state index is 13.0. The molecule has 0 saturated carbocycles. The van der Waals surface area contributed by atoms with Gasteiger partial charge in [-0.15, -0.1) is 0 Å². The van der Waals surface area contributed by atoms with Gasteiger partial charge >= 0.3 is 0 Å². The van der Waals surface area contributed by atoms with Crippen LogP contribution in [0.5, 0.6) is 0 Å². The van der Waals surface area contributed by atoms with E-state index in [0.717, 1.165) is 4.90 Å². The van der Waals surface area contributed by atoms with E-state index in [1.165, 1.54) is 23.9 Å². The van der Waals surface area contributed by atoms with Crippen LogP contribution in [0.3, 0.4) is 0 Å². The Morgan fingerprint density at radius 2 is 1.88 bits per heavy atom. The summed E-state index contributed by atoms with van der Waals surface area (Å²) in [6, 6.07) is 11.4. The van der Waals surface area contributed by atoms with Gasteiger partial charge in [0, 0.05) is 15.4 Å². The van der Waals surface area contributed by atoms with Gasteiger partial charge in [-0.1, -0.05) is 35.5 Å². The van der Waals surface area contributed by atoms with E-state index < -0.39 is 5.82 Å². The largest absolute Gasteiger partial charge is 0.298 e. The SMILES string of the molecule is O=Cc1cc(F)ccc1Sc1ccccc1Cl. The molecule has 0 aliphatic carbocycles. The predicted octanol–water partition coefficient (Wildman–Crippen LogP) is 4.44. The van der Waals surface area contributed by atoms with Crippen LogP contribution in [-0.2, 0) is 0 Å². The highest BCUT2D eigenvalue weighted by molar-refractivity contribution is 7.99. The van der Waals surface area contributed by atoms with E-state index in [1.54, 1.807) is 12.1 Å². The van der Waals surface area contributed by atoms with Gasteiger partial charge < -0.3 is 0 Å². The number of carbonyl (C=O) groups is 1. The molecular formula is C13H8ClFOS. The fourth-order valence-electron chi connectivity index (χ4n) is 1.35. The van der Waals surface area contributed by atoms with Crippen molar-refractivity contribution in [2.24, 2.45) is 0 Å². The van der Waals surface area contributed by atoms with Crippen LogP contribution < -0.4 is 0 Å². The van der Waals surface area contributed by atoms with E-state index in [0.29, 0.717) is 21.8 Å². The summed E-state index contributed by atoms with van der Waals surface area (Å²) >= 11 is 7.36. The molecule has 17 heavy (non-hydrogen) atoms. The predicted molar refractivity (Wildman–Crippen MR) is 67.4 cm³/mol. The monoisotopic (exact) mass is 266 g/mol. The molecule has 0 fully saturated rings. The number of hydrogen-bond acceptors (Lipinski definition) is 2. The molecule has 0 saturated heterocycles. The van der Waals surface area contributed by atoms with E-state index in [9.17, 15) is 9.18 Å². The van der Waals surface area contributed by atoms with Gasteiger partial charge in [0.2, 0.25) is 0 Å². The van der Waals surface area contributed by atoms with Crippen molar-refractivity contribution in [3.05, 3.63) is 58.9 Å². The van der Waals surface area contributed by atoms with Crippen molar-refractivity contribution in [1.29, 1.82) is 0 Å². The second-order valence-electron chi connectivity index (χ2n) is 3.33. The molecule has 86 valence electrons. The minimum atomic E-state index is -0.421. The molecule has 2 aromatic carbocycles. The highest BCUT2D eigenvalue weighted by Crippen LogP contribution is 2.34. The molecule has 0 amide bonds. The number of halogens is 2. The van der Waals surface area contributed by atoms with E-state index >= 15 is 0 Å². The number of aldehydes is 1. The molecule has 0 aliphatic rings. The van der Waals surface area contributed by atoms with Crippen LogP contribution in [0.1, 0.15) is 10.4 Å². The minimum absolute atomic E-state index is 0.329. The normalized spacial score (nSPS) is 10.2. The molecule has 1 nitrogen and oxygen atoms in total. The third kappa shape index (κ3) is 2.87. The Morgan fingerprint density at radius 3 is 2.59 bits per heavy atom. The fourth-order valence-corrected chi connectivity index (χ4v) is 2.51. The van der Waals surface area contributed by atoms with Gasteiger partial charge in [0.05, 0.1) is 5.02 Å². The Hall–Kier alpha value is -1.32. The zero-order chi connectivity index (χ0) is 12.3. The van der Waals surface area contributed by atoms with Crippen molar-refractivity contribution in [1.82, 2.24) is 0 Å². The first-order valence-corrected chi connectivity index (χ1v) is 6.07. The van der Waals surface area contributed by atoms with Gasteiger partial charge in [0.25, 0.3) is 0 Å². The van der Waals surface area contributed by atoms with Crippen LogP contribution in [0.15, 0.2) is 52.3 Å². The molecule has 0 unspecified atom stereocenters. The van der Waals surface area contributed by atoms with Crippen molar-refractivity contribution in [3.63, 3.8) is 0 Å². The zero-order valence-corrected chi connectivity index (χ0v) is 10.3. The first kappa shape index (κ1) is 12.1. The highest BCUT2D eigenvalue weighted by atomic mass is 35.5. The molecule has 0 bridgehead atoms. The van der Waals surface area contributed by atoms with Crippen molar-refractivity contribution < 1.29 is 9.18 Å². The van der Waals surface area contributed by atoms with Gasteiger partial charge in [0.1, 0.15) is 5.82 Å².